The van der Waals surface area contributed by atoms with Gasteiger partial charge >= 0.3 is 6.43 Å². The van der Waals surface area contributed by atoms with Gasteiger partial charge in [0.15, 0.2) is 0 Å². The summed E-state index contributed by atoms with van der Waals surface area (Å²) in [5.74, 6) is -0.0964. The van der Waals surface area contributed by atoms with E-state index in [1.165, 1.54) is 24.3 Å². The molecule has 0 aromatic heterocycles. The maximum absolute atomic E-state index is 12.6. The average molecular weight is 232 g/mol. The minimum atomic E-state index is -3.22. The van der Waals surface area contributed by atoms with Crippen LogP contribution in [0.1, 0.15) is 11.1 Å². The van der Waals surface area contributed by atoms with Gasteiger partial charge in [-0.25, -0.2) is 8.78 Å². The molecule has 0 fully saturated rings. The summed E-state index contributed by atoms with van der Waals surface area (Å²) < 4.78 is 40.9. The van der Waals surface area contributed by atoms with Crippen molar-refractivity contribution in [2.75, 3.05) is 0 Å². The molecule has 1 aromatic carbocycles. The maximum atomic E-state index is 12.6. The minimum absolute atomic E-state index is 0.0964. The Bertz CT molecular complexity index is 366. The van der Waals surface area contributed by atoms with Crippen molar-refractivity contribution in [2.24, 2.45) is 0 Å². The molecule has 1 atom stereocenters. The SMILES string of the molecule is C=Cc1ccc(OC(F)C(F)F)c(CO)c1. The van der Waals surface area contributed by atoms with Crippen molar-refractivity contribution >= 4 is 6.08 Å². The second kappa shape index (κ2) is 5.55. The molecule has 5 heteroatoms. The smallest absolute Gasteiger partial charge is 0.304 e. The first kappa shape index (κ1) is 12.6. The van der Waals surface area contributed by atoms with E-state index in [1.54, 1.807) is 0 Å². The highest BCUT2D eigenvalue weighted by Crippen LogP contribution is 2.23. The normalized spacial score (nSPS) is 12.6. The van der Waals surface area contributed by atoms with Gasteiger partial charge in [0.25, 0.3) is 6.36 Å². The first-order valence-electron chi connectivity index (χ1n) is 4.53. The van der Waals surface area contributed by atoms with Crippen LogP contribution in [0.4, 0.5) is 13.2 Å². The minimum Gasteiger partial charge on any atom is -0.454 e. The summed E-state index contributed by atoms with van der Waals surface area (Å²) in [6.45, 7) is 3.09. The van der Waals surface area contributed by atoms with Gasteiger partial charge in [-0.15, -0.1) is 0 Å². The molecule has 1 unspecified atom stereocenters. The topological polar surface area (TPSA) is 29.5 Å². The van der Waals surface area contributed by atoms with Crippen LogP contribution in [0.25, 0.3) is 6.08 Å². The van der Waals surface area contributed by atoms with E-state index in [2.05, 4.69) is 11.3 Å². The quantitative estimate of drug-likeness (QED) is 0.845. The first-order valence-corrected chi connectivity index (χ1v) is 4.53. The summed E-state index contributed by atoms with van der Waals surface area (Å²) in [4.78, 5) is 0. The van der Waals surface area contributed by atoms with E-state index in [-0.39, 0.29) is 11.3 Å². The molecule has 88 valence electrons. The van der Waals surface area contributed by atoms with Crippen molar-refractivity contribution < 1.29 is 23.0 Å². The monoisotopic (exact) mass is 232 g/mol. The van der Waals surface area contributed by atoms with Crippen molar-refractivity contribution in [3.8, 4) is 5.75 Å². The highest BCUT2D eigenvalue weighted by Gasteiger charge is 2.21. The van der Waals surface area contributed by atoms with Crippen molar-refractivity contribution in [3.63, 3.8) is 0 Å². The fourth-order valence-electron chi connectivity index (χ4n) is 1.14. The zero-order chi connectivity index (χ0) is 12.1. The summed E-state index contributed by atoms with van der Waals surface area (Å²) in [7, 11) is 0. The Morgan fingerprint density at radius 1 is 1.38 bits per heavy atom. The molecular weight excluding hydrogens is 221 g/mol. The number of hydrogen-bond acceptors (Lipinski definition) is 2. The van der Waals surface area contributed by atoms with Crippen LogP contribution in [0, 0.1) is 0 Å². The summed E-state index contributed by atoms with van der Waals surface area (Å²) in [6.07, 6.45) is -4.39. The molecule has 0 aliphatic heterocycles. The molecule has 16 heavy (non-hydrogen) atoms. The summed E-state index contributed by atoms with van der Waals surface area (Å²) >= 11 is 0. The Labute approximate surface area is 91.0 Å². The van der Waals surface area contributed by atoms with Crippen LogP contribution in [-0.2, 0) is 6.61 Å². The number of ether oxygens (including phenoxy) is 1. The number of alkyl halides is 3. The Hall–Kier alpha value is -1.49. The van der Waals surface area contributed by atoms with Crippen LogP contribution >= 0.6 is 0 Å². The van der Waals surface area contributed by atoms with Gasteiger partial charge in [-0.05, 0) is 17.7 Å². The molecule has 0 spiro atoms. The molecule has 0 aliphatic carbocycles. The standard InChI is InChI=1S/C11H11F3O2/c1-2-7-3-4-9(8(5-7)6-15)16-11(14)10(12)13/h2-5,10-11,15H,1,6H2. The van der Waals surface area contributed by atoms with Gasteiger partial charge in [0.05, 0.1) is 6.61 Å². The highest BCUT2D eigenvalue weighted by atomic mass is 19.3. The van der Waals surface area contributed by atoms with E-state index in [0.29, 0.717) is 5.56 Å². The molecule has 0 radical (unpaired) electrons. The number of aliphatic hydroxyl groups excluding tert-OH is 1. The van der Waals surface area contributed by atoms with E-state index in [4.69, 9.17) is 5.11 Å². The van der Waals surface area contributed by atoms with Crippen molar-refractivity contribution in [1.29, 1.82) is 0 Å². The van der Waals surface area contributed by atoms with Crippen molar-refractivity contribution in [1.82, 2.24) is 0 Å². The van der Waals surface area contributed by atoms with E-state index < -0.39 is 19.4 Å². The molecule has 1 aromatic rings. The third-order valence-electron chi connectivity index (χ3n) is 1.93. The lowest BCUT2D eigenvalue weighted by molar-refractivity contribution is -0.0676. The average Bonchev–Trinajstić information content (AvgIpc) is 2.29. The molecule has 1 rings (SSSR count). The predicted molar refractivity (Wildman–Crippen MR) is 54.0 cm³/mol. The van der Waals surface area contributed by atoms with Gasteiger partial charge in [-0.3, -0.25) is 0 Å². The van der Waals surface area contributed by atoms with Gasteiger partial charge in [0.2, 0.25) is 0 Å². The fourth-order valence-corrected chi connectivity index (χ4v) is 1.14. The molecular formula is C11H11F3O2. The fraction of sp³-hybridized carbons (Fsp3) is 0.273. The third kappa shape index (κ3) is 3.00. The van der Waals surface area contributed by atoms with Crippen molar-refractivity contribution in [2.45, 2.75) is 19.4 Å². The Morgan fingerprint density at radius 2 is 2.06 bits per heavy atom. The van der Waals surface area contributed by atoms with Gasteiger partial charge in [-0.1, -0.05) is 18.7 Å². The van der Waals surface area contributed by atoms with E-state index >= 15 is 0 Å². The Kier molecular flexibility index (Phi) is 4.37. The Morgan fingerprint density at radius 3 is 2.56 bits per heavy atom. The lowest BCUT2D eigenvalue weighted by Gasteiger charge is -2.13. The molecule has 0 amide bonds. The van der Waals surface area contributed by atoms with Gasteiger partial charge in [-0.2, -0.15) is 4.39 Å². The number of aliphatic hydroxyl groups is 1. The van der Waals surface area contributed by atoms with E-state index in [0.717, 1.165) is 0 Å². The summed E-state index contributed by atoms with van der Waals surface area (Å²) in [5, 5.41) is 8.97. The van der Waals surface area contributed by atoms with Crippen molar-refractivity contribution in [3.05, 3.63) is 35.9 Å². The molecule has 0 heterocycles. The maximum Gasteiger partial charge on any atom is 0.304 e. The first-order chi connectivity index (χ1) is 7.58. The van der Waals surface area contributed by atoms with E-state index in [9.17, 15) is 13.2 Å². The lowest BCUT2D eigenvalue weighted by Crippen LogP contribution is -2.20. The Balaban J connectivity index is 2.91. The number of halogens is 3. The number of hydrogen-bond donors (Lipinski definition) is 1. The third-order valence-corrected chi connectivity index (χ3v) is 1.93. The summed E-state index contributed by atoms with van der Waals surface area (Å²) in [6, 6.07) is 4.33. The summed E-state index contributed by atoms with van der Waals surface area (Å²) in [5.41, 5.74) is 0.921. The molecule has 0 saturated carbocycles. The zero-order valence-electron chi connectivity index (χ0n) is 8.37. The zero-order valence-corrected chi connectivity index (χ0v) is 8.37. The van der Waals surface area contributed by atoms with Crippen LogP contribution in [0.5, 0.6) is 5.75 Å². The van der Waals surface area contributed by atoms with Gasteiger partial charge in [0, 0.05) is 5.56 Å². The van der Waals surface area contributed by atoms with Crippen LogP contribution < -0.4 is 4.74 Å². The largest absolute Gasteiger partial charge is 0.454 e. The van der Waals surface area contributed by atoms with Gasteiger partial charge in [0.1, 0.15) is 5.75 Å². The van der Waals surface area contributed by atoms with Crippen LogP contribution in [-0.4, -0.2) is 17.9 Å². The van der Waals surface area contributed by atoms with Crippen LogP contribution in [0.2, 0.25) is 0 Å². The van der Waals surface area contributed by atoms with E-state index in [1.807, 2.05) is 0 Å². The number of benzene rings is 1. The molecule has 0 saturated heterocycles. The highest BCUT2D eigenvalue weighted by molar-refractivity contribution is 5.51. The lowest BCUT2D eigenvalue weighted by atomic mass is 10.1. The second-order valence-electron chi connectivity index (χ2n) is 3.03. The van der Waals surface area contributed by atoms with Crippen LogP contribution in [0.15, 0.2) is 24.8 Å². The molecule has 2 nitrogen and oxygen atoms in total. The molecule has 0 bridgehead atoms. The molecule has 1 N–H and O–H groups in total. The van der Waals surface area contributed by atoms with Gasteiger partial charge < -0.3 is 9.84 Å². The molecule has 0 aliphatic rings. The predicted octanol–water partition coefficient (Wildman–Crippen LogP) is 2.76. The van der Waals surface area contributed by atoms with Crippen LogP contribution in [0.3, 0.4) is 0 Å². The number of rotatable bonds is 5. The second-order valence-corrected chi connectivity index (χ2v) is 3.03.